The first-order valence-electron chi connectivity index (χ1n) is 12.4. The Balaban J connectivity index is 1.28. The largest absolute Gasteiger partial charge is 0.408 e. The van der Waals surface area contributed by atoms with Crippen LogP contribution in [0, 0.1) is 0 Å². The van der Waals surface area contributed by atoms with Gasteiger partial charge in [-0.05, 0) is 56.3 Å². The summed E-state index contributed by atoms with van der Waals surface area (Å²) >= 11 is 0. The van der Waals surface area contributed by atoms with Crippen LogP contribution >= 0.6 is 0 Å². The first kappa shape index (κ1) is 25.0. The average molecular weight is 511 g/mol. The average Bonchev–Trinajstić information content (AvgIpc) is 3.40. The fourth-order valence-electron chi connectivity index (χ4n) is 4.85. The van der Waals surface area contributed by atoms with E-state index in [-0.39, 0.29) is 18.5 Å². The van der Waals surface area contributed by atoms with Gasteiger partial charge in [0.05, 0.1) is 5.69 Å². The Morgan fingerprint density at radius 2 is 1.76 bits per heavy atom. The van der Waals surface area contributed by atoms with Crippen LogP contribution in [0.2, 0.25) is 0 Å². The maximum atomic E-state index is 13.3. The van der Waals surface area contributed by atoms with Gasteiger partial charge in [-0.2, -0.15) is 13.2 Å². The lowest BCUT2D eigenvalue weighted by Crippen LogP contribution is -2.44. The quantitative estimate of drug-likeness (QED) is 0.532. The van der Waals surface area contributed by atoms with Gasteiger partial charge < -0.3 is 20.0 Å². The number of nitrogens with zero attached hydrogens (tertiary/aromatic N) is 5. The Hall–Kier alpha value is -3.66. The minimum atomic E-state index is -4.42. The van der Waals surface area contributed by atoms with E-state index < -0.39 is 18.1 Å². The monoisotopic (exact) mass is 510 g/mol. The molecule has 0 unspecified atom stereocenters. The van der Waals surface area contributed by atoms with E-state index >= 15 is 0 Å². The number of carbonyl (C=O) groups excluding carboxylic acids is 1. The number of likely N-dealkylation sites (N-methyl/N-ethyl adjacent to an activating group) is 1. The summed E-state index contributed by atoms with van der Waals surface area (Å²) in [7, 11) is 2.13. The lowest BCUT2D eigenvalue weighted by molar-refractivity contribution is -0.169. The highest BCUT2D eigenvalue weighted by atomic mass is 19.4. The summed E-state index contributed by atoms with van der Waals surface area (Å²) in [6.07, 6.45) is -2.47. The topological polar surface area (TPSA) is 64.6 Å². The fourth-order valence-corrected chi connectivity index (χ4v) is 4.85. The molecule has 1 amide bonds. The molecule has 2 fully saturated rings. The van der Waals surface area contributed by atoms with Gasteiger partial charge in [0.15, 0.2) is 0 Å². The highest BCUT2D eigenvalue weighted by Gasteiger charge is 2.47. The van der Waals surface area contributed by atoms with E-state index in [9.17, 15) is 18.0 Å². The van der Waals surface area contributed by atoms with Crippen LogP contribution in [-0.4, -0.2) is 77.7 Å². The second kappa shape index (κ2) is 10.4. The summed E-state index contributed by atoms with van der Waals surface area (Å²) in [5, 5.41) is 3.26. The van der Waals surface area contributed by atoms with Crippen molar-refractivity contribution in [1.82, 2.24) is 19.8 Å². The molecule has 0 radical (unpaired) electrons. The number of alkyl halides is 3. The first-order valence-corrected chi connectivity index (χ1v) is 12.4. The number of rotatable bonds is 5. The third-order valence-electron chi connectivity index (χ3n) is 6.95. The van der Waals surface area contributed by atoms with E-state index in [0.29, 0.717) is 18.1 Å². The van der Waals surface area contributed by atoms with Crippen LogP contribution in [0.15, 0.2) is 60.8 Å². The van der Waals surface area contributed by atoms with Gasteiger partial charge in [-0.3, -0.25) is 4.79 Å². The van der Waals surface area contributed by atoms with Crippen molar-refractivity contribution >= 4 is 23.2 Å². The van der Waals surface area contributed by atoms with Crippen molar-refractivity contribution in [1.29, 1.82) is 0 Å². The number of hydrogen-bond donors (Lipinski definition) is 1. The molecule has 0 saturated carbocycles. The smallest absolute Gasteiger partial charge is 0.369 e. The Morgan fingerprint density at radius 1 is 1.00 bits per heavy atom. The minimum absolute atomic E-state index is 0.0533. The zero-order valence-electron chi connectivity index (χ0n) is 20.6. The van der Waals surface area contributed by atoms with Crippen molar-refractivity contribution in [2.45, 2.75) is 25.1 Å². The zero-order valence-corrected chi connectivity index (χ0v) is 20.6. The van der Waals surface area contributed by atoms with Gasteiger partial charge in [0, 0.05) is 61.4 Å². The Kier molecular flexibility index (Phi) is 7.01. The van der Waals surface area contributed by atoms with E-state index in [1.54, 1.807) is 36.5 Å². The standard InChI is InChI=1S/C27H29F3N6O/c1-34-14-16-35(17-15-34)22-5-2-4-21(18-22)32-26-31-12-11-23(33-26)19-7-9-20(10-8-19)25(37)36-13-3-6-24(36)27(28,29)30/h2,4-5,7-12,18,24H,3,6,13-17H2,1H3,(H,31,32,33)/t24-/m0/s1. The molecule has 10 heteroatoms. The van der Waals surface area contributed by atoms with Crippen molar-refractivity contribution in [3.63, 3.8) is 0 Å². The Morgan fingerprint density at radius 3 is 2.49 bits per heavy atom. The molecule has 2 aliphatic heterocycles. The van der Waals surface area contributed by atoms with Crippen molar-refractivity contribution in [3.05, 3.63) is 66.4 Å². The van der Waals surface area contributed by atoms with Crippen LogP contribution in [0.25, 0.3) is 11.3 Å². The van der Waals surface area contributed by atoms with E-state index in [1.807, 2.05) is 12.1 Å². The number of carbonyl (C=O) groups is 1. The molecule has 2 aliphatic rings. The molecule has 0 bridgehead atoms. The number of anilines is 3. The lowest BCUT2D eigenvalue weighted by atomic mass is 10.1. The third kappa shape index (κ3) is 5.69. The summed E-state index contributed by atoms with van der Waals surface area (Å²) in [6.45, 7) is 4.10. The zero-order chi connectivity index (χ0) is 26.0. The highest BCUT2D eigenvalue weighted by molar-refractivity contribution is 5.95. The second-order valence-electron chi connectivity index (χ2n) is 9.51. The number of hydrogen-bond acceptors (Lipinski definition) is 6. The molecular weight excluding hydrogens is 481 g/mol. The number of piperazine rings is 1. The number of benzene rings is 2. The van der Waals surface area contributed by atoms with Crippen LogP contribution in [0.5, 0.6) is 0 Å². The van der Waals surface area contributed by atoms with Gasteiger partial charge in [-0.15, -0.1) is 0 Å². The molecule has 7 nitrogen and oxygen atoms in total. The number of likely N-dealkylation sites (tertiary alicyclic amines) is 1. The molecule has 0 aliphatic carbocycles. The number of halogens is 3. The molecule has 5 rings (SSSR count). The summed E-state index contributed by atoms with van der Waals surface area (Å²) in [4.78, 5) is 27.3. The van der Waals surface area contributed by atoms with Gasteiger partial charge >= 0.3 is 6.18 Å². The van der Waals surface area contributed by atoms with Crippen molar-refractivity contribution in [2.24, 2.45) is 0 Å². The second-order valence-corrected chi connectivity index (χ2v) is 9.51. The molecule has 2 saturated heterocycles. The van der Waals surface area contributed by atoms with Crippen molar-refractivity contribution in [2.75, 3.05) is 50.0 Å². The normalized spacial score (nSPS) is 18.8. The number of amides is 1. The number of nitrogens with one attached hydrogen (secondary N) is 1. The molecule has 1 aromatic heterocycles. The molecule has 1 N–H and O–H groups in total. The summed E-state index contributed by atoms with van der Waals surface area (Å²) < 4.78 is 39.8. The molecule has 3 aromatic rings. The maximum absolute atomic E-state index is 13.3. The van der Waals surface area contributed by atoms with E-state index in [1.165, 1.54) is 0 Å². The molecule has 194 valence electrons. The Labute approximate surface area is 213 Å². The first-order chi connectivity index (χ1) is 17.8. The molecule has 1 atom stereocenters. The van der Waals surface area contributed by atoms with Crippen LogP contribution in [-0.2, 0) is 0 Å². The molecule has 2 aromatic carbocycles. The van der Waals surface area contributed by atoms with Gasteiger partial charge in [0.25, 0.3) is 5.91 Å². The molecular formula is C27H29F3N6O. The van der Waals surface area contributed by atoms with E-state index in [0.717, 1.165) is 48.0 Å². The molecule has 0 spiro atoms. The lowest BCUT2D eigenvalue weighted by Gasteiger charge is -2.34. The predicted octanol–water partition coefficient (Wildman–Crippen LogP) is 4.81. The van der Waals surface area contributed by atoms with Crippen molar-refractivity contribution in [3.8, 4) is 11.3 Å². The van der Waals surface area contributed by atoms with Crippen molar-refractivity contribution < 1.29 is 18.0 Å². The highest BCUT2D eigenvalue weighted by Crippen LogP contribution is 2.34. The number of aromatic nitrogens is 2. The summed E-state index contributed by atoms with van der Waals surface area (Å²) in [5.74, 6) is -0.171. The van der Waals surface area contributed by atoms with Gasteiger partial charge in [0.1, 0.15) is 6.04 Å². The summed E-state index contributed by atoms with van der Waals surface area (Å²) in [5.41, 5.74) is 3.62. The van der Waals surface area contributed by atoms with Crippen LogP contribution in [0.3, 0.4) is 0 Å². The van der Waals surface area contributed by atoms with E-state index in [2.05, 4.69) is 44.3 Å². The van der Waals surface area contributed by atoms with E-state index in [4.69, 9.17) is 0 Å². The van der Waals surface area contributed by atoms with Gasteiger partial charge in [0.2, 0.25) is 5.95 Å². The fraction of sp³-hybridized carbons (Fsp3) is 0.370. The third-order valence-corrected chi connectivity index (χ3v) is 6.95. The van der Waals surface area contributed by atoms with Crippen LogP contribution < -0.4 is 10.2 Å². The SMILES string of the molecule is CN1CCN(c2cccc(Nc3nccc(-c4ccc(C(=O)N5CCC[C@H]5C(F)(F)F)cc4)n3)c2)CC1. The van der Waals surface area contributed by atoms with Gasteiger partial charge in [-0.1, -0.05) is 18.2 Å². The molecule has 3 heterocycles. The molecule has 37 heavy (non-hydrogen) atoms. The maximum Gasteiger partial charge on any atom is 0.408 e. The van der Waals surface area contributed by atoms with Gasteiger partial charge in [-0.25, -0.2) is 9.97 Å². The predicted molar refractivity (Wildman–Crippen MR) is 137 cm³/mol. The minimum Gasteiger partial charge on any atom is -0.369 e. The van der Waals surface area contributed by atoms with Crippen LogP contribution in [0.4, 0.5) is 30.5 Å². The Bertz CT molecular complexity index is 1240. The van der Waals surface area contributed by atoms with Crippen LogP contribution in [0.1, 0.15) is 23.2 Å². The summed E-state index contributed by atoms with van der Waals surface area (Å²) in [6, 6.07) is 14.7.